The number of rotatable bonds is 3. The standard InChI is InChI=1S/C16H16N2OS/c1-10-11(2)15-14(9-13(10)19-3)20-16(18-15)17-12-7-5-4-6-8-12/h4-9H,1-3H3,(H,17,18). The molecule has 102 valence electrons. The predicted molar refractivity (Wildman–Crippen MR) is 85.4 cm³/mol. The minimum Gasteiger partial charge on any atom is -0.496 e. The van der Waals surface area contributed by atoms with E-state index in [2.05, 4.69) is 25.2 Å². The summed E-state index contributed by atoms with van der Waals surface area (Å²) in [7, 11) is 1.71. The molecule has 3 rings (SSSR count). The van der Waals surface area contributed by atoms with E-state index in [0.717, 1.165) is 32.3 Å². The molecule has 0 unspecified atom stereocenters. The Balaban J connectivity index is 2.05. The van der Waals surface area contributed by atoms with Crippen molar-refractivity contribution in [1.82, 2.24) is 4.98 Å². The molecule has 1 aromatic heterocycles. The van der Waals surface area contributed by atoms with Gasteiger partial charge in [0.05, 0.1) is 17.3 Å². The van der Waals surface area contributed by atoms with Gasteiger partial charge in [0.1, 0.15) is 5.75 Å². The average Bonchev–Trinajstić information content (AvgIpc) is 2.86. The Morgan fingerprint density at radius 3 is 2.55 bits per heavy atom. The number of benzene rings is 2. The van der Waals surface area contributed by atoms with E-state index in [1.807, 2.05) is 30.3 Å². The first-order valence-electron chi connectivity index (χ1n) is 6.46. The first-order chi connectivity index (χ1) is 9.69. The molecule has 20 heavy (non-hydrogen) atoms. The van der Waals surface area contributed by atoms with Gasteiger partial charge in [-0.3, -0.25) is 0 Å². The van der Waals surface area contributed by atoms with Crippen LogP contribution in [0.3, 0.4) is 0 Å². The average molecular weight is 284 g/mol. The summed E-state index contributed by atoms with van der Waals surface area (Å²) in [5.41, 5.74) is 4.42. The summed E-state index contributed by atoms with van der Waals surface area (Å²) in [6.45, 7) is 4.16. The monoisotopic (exact) mass is 284 g/mol. The number of para-hydroxylation sites is 1. The summed E-state index contributed by atoms with van der Waals surface area (Å²) in [6, 6.07) is 12.1. The van der Waals surface area contributed by atoms with Crippen molar-refractivity contribution in [2.24, 2.45) is 0 Å². The van der Waals surface area contributed by atoms with E-state index in [9.17, 15) is 0 Å². The van der Waals surface area contributed by atoms with Crippen LogP contribution in [0.2, 0.25) is 0 Å². The highest BCUT2D eigenvalue weighted by atomic mass is 32.1. The number of ether oxygens (including phenoxy) is 1. The largest absolute Gasteiger partial charge is 0.496 e. The van der Waals surface area contributed by atoms with Crippen molar-refractivity contribution < 1.29 is 4.74 Å². The summed E-state index contributed by atoms with van der Waals surface area (Å²) >= 11 is 1.64. The third kappa shape index (κ3) is 2.23. The molecular weight excluding hydrogens is 268 g/mol. The van der Waals surface area contributed by atoms with Crippen LogP contribution in [0.15, 0.2) is 36.4 Å². The number of thiazole rings is 1. The molecule has 0 aliphatic carbocycles. The van der Waals surface area contributed by atoms with Crippen LogP contribution in [0.5, 0.6) is 5.75 Å². The number of anilines is 2. The number of methoxy groups -OCH3 is 1. The highest BCUT2D eigenvalue weighted by Gasteiger charge is 2.12. The maximum atomic E-state index is 5.42. The molecule has 1 N–H and O–H groups in total. The third-order valence-electron chi connectivity index (χ3n) is 3.45. The molecule has 3 aromatic rings. The van der Waals surface area contributed by atoms with Crippen LogP contribution in [0.1, 0.15) is 11.1 Å². The molecule has 3 nitrogen and oxygen atoms in total. The van der Waals surface area contributed by atoms with E-state index in [4.69, 9.17) is 9.72 Å². The summed E-state index contributed by atoms with van der Waals surface area (Å²) in [5.74, 6) is 0.921. The molecule has 0 aliphatic rings. The maximum Gasteiger partial charge on any atom is 0.188 e. The lowest BCUT2D eigenvalue weighted by molar-refractivity contribution is 0.412. The lowest BCUT2D eigenvalue weighted by Gasteiger charge is -2.07. The second kappa shape index (κ2) is 5.13. The molecule has 0 fully saturated rings. The molecule has 0 radical (unpaired) electrons. The molecule has 0 bridgehead atoms. The molecule has 4 heteroatoms. The van der Waals surface area contributed by atoms with Crippen LogP contribution in [0.25, 0.3) is 10.2 Å². The van der Waals surface area contributed by atoms with Crippen LogP contribution < -0.4 is 10.1 Å². The quantitative estimate of drug-likeness (QED) is 0.759. The van der Waals surface area contributed by atoms with Gasteiger partial charge in [-0.1, -0.05) is 29.5 Å². The van der Waals surface area contributed by atoms with Gasteiger partial charge in [0, 0.05) is 5.69 Å². The topological polar surface area (TPSA) is 34.1 Å². The van der Waals surface area contributed by atoms with E-state index < -0.39 is 0 Å². The Labute approximate surface area is 122 Å². The zero-order valence-electron chi connectivity index (χ0n) is 11.7. The van der Waals surface area contributed by atoms with Gasteiger partial charge in [0.15, 0.2) is 5.13 Å². The van der Waals surface area contributed by atoms with E-state index in [1.165, 1.54) is 5.56 Å². The first-order valence-corrected chi connectivity index (χ1v) is 7.27. The lowest BCUT2D eigenvalue weighted by Crippen LogP contribution is -1.91. The molecule has 0 atom stereocenters. The Morgan fingerprint density at radius 2 is 1.85 bits per heavy atom. The predicted octanol–water partition coefficient (Wildman–Crippen LogP) is 4.67. The van der Waals surface area contributed by atoms with Crippen molar-refractivity contribution in [1.29, 1.82) is 0 Å². The number of fused-ring (bicyclic) bond motifs is 1. The van der Waals surface area contributed by atoms with E-state index in [-0.39, 0.29) is 0 Å². The van der Waals surface area contributed by atoms with E-state index in [1.54, 1.807) is 18.4 Å². The van der Waals surface area contributed by atoms with Crippen molar-refractivity contribution in [2.75, 3.05) is 12.4 Å². The van der Waals surface area contributed by atoms with Crippen molar-refractivity contribution in [3.63, 3.8) is 0 Å². The van der Waals surface area contributed by atoms with Crippen LogP contribution in [-0.2, 0) is 0 Å². The Hall–Kier alpha value is -2.07. The number of aryl methyl sites for hydroxylation is 1. The fourth-order valence-electron chi connectivity index (χ4n) is 2.20. The van der Waals surface area contributed by atoms with Crippen molar-refractivity contribution >= 4 is 32.4 Å². The molecule has 0 saturated carbocycles. The normalized spacial score (nSPS) is 10.8. The smallest absolute Gasteiger partial charge is 0.188 e. The minimum absolute atomic E-state index is 0.905. The lowest BCUT2D eigenvalue weighted by atomic mass is 10.1. The van der Waals surface area contributed by atoms with Crippen molar-refractivity contribution in [3.8, 4) is 5.75 Å². The van der Waals surface area contributed by atoms with Gasteiger partial charge in [0.25, 0.3) is 0 Å². The summed E-state index contributed by atoms with van der Waals surface area (Å²) in [4.78, 5) is 4.70. The summed E-state index contributed by atoms with van der Waals surface area (Å²) in [6.07, 6.45) is 0. The van der Waals surface area contributed by atoms with Crippen LogP contribution in [0.4, 0.5) is 10.8 Å². The number of hydrogen-bond donors (Lipinski definition) is 1. The van der Waals surface area contributed by atoms with E-state index >= 15 is 0 Å². The number of nitrogens with zero attached hydrogens (tertiary/aromatic N) is 1. The Bertz CT molecular complexity index is 750. The minimum atomic E-state index is 0.905. The number of hydrogen-bond acceptors (Lipinski definition) is 4. The molecule has 0 saturated heterocycles. The number of aromatic nitrogens is 1. The highest BCUT2D eigenvalue weighted by Crippen LogP contribution is 2.35. The third-order valence-corrected chi connectivity index (χ3v) is 4.37. The van der Waals surface area contributed by atoms with Crippen LogP contribution in [-0.4, -0.2) is 12.1 Å². The van der Waals surface area contributed by atoms with Gasteiger partial charge in [-0.25, -0.2) is 4.98 Å². The van der Waals surface area contributed by atoms with Gasteiger partial charge in [-0.15, -0.1) is 0 Å². The highest BCUT2D eigenvalue weighted by molar-refractivity contribution is 7.22. The molecule has 0 spiro atoms. The molecular formula is C16H16N2OS. The molecule has 1 heterocycles. The Morgan fingerprint density at radius 1 is 1.10 bits per heavy atom. The zero-order chi connectivity index (χ0) is 14.1. The second-order valence-corrected chi connectivity index (χ2v) is 5.72. The second-order valence-electron chi connectivity index (χ2n) is 4.69. The Kier molecular flexibility index (Phi) is 3.32. The number of nitrogens with one attached hydrogen (secondary N) is 1. The van der Waals surface area contributed by atoms with Crippen molar-refractivity contribution in [3.05, 3.63) is 47.5 Å². The maximum absolute atomic E-state index is 5.42. The summed E-state index contributed by atoms with van der Waals surface area (Å²) in [5, 5.41) is 4.25. The van der Waals surface area contributed by atoms with Crippen LogP contribution in [0, 0.1) is 13.8 Å². The zero-order valence-corrected chi connectivity index (χ0v) is 12.5. The van der Waals surface area contributed by atoms with Gasteiger partial charge < -0.3 is 10.1 Å². The van der Waals surface area contributed by atoms with Gasteiger partial charge >= 0.3 is 0 Å². The molecule has 2 aromatic carbocycles. The van der Waals surface area contributed by atoms with Crippen molar-refractivity contribution in [2.45, 2.75) is 13.8 Å². The molecule has 0 aliphatic heterocycles. The SMILES string of the molecule is COc1cc2sc(Nc3ccccc3)nc2c(C)c1C. The van der Waals surface area contributed by atoms with Crippen LogP contribution >= 0.6 is 11.3 Å². The summed E-state index contributed by atoms with van der Waals surface area (Å²) < 4.78 is 6.56. The van der Waals surface area contributed by atoms with E-state index in [0.29, 0.717) is 0 Å². The van der Waals surface area contributed by atoms with Gasteiger partial charge in [-0.2, -0.15) is 0 Å². The first kappa shape index (κ1) is 12.9. The fraction of sp³-hybridized carbons (Fsp3) is 0.188. The van der Waals surface area contributed by atoms with Gasteiger partial charge in [-0.05, 0) is 43.2 Å². The molecule has 0 amide bonds. The van der Waals surface area contributed by atoms with Gasteiger partial charge in [0.2, 0.25) is 0 Å². The fourth-order valence-corrected chi connectivity index (χ4v) is 3.17.